The molecule has 1 heterocycles. The maximum Gasteiger partial charge on any atom is 0.210 e. The summed E-state index contributed by atoms with van der Waals surface area (Å²) in [5.41, 5.74) is 0.984. The lowest BCUT2D eigenvalue weighted by Gasteiger charge is -2.00. The average molecular weight is 235 g/mol. The van der Waals surface area contributed by atoms with Crippen molar-refractivity contribution in [1.82, 2.24) is 10.3 Å². The molecule has 0 aliphatic rings. The average Bonchev–Trinajstić information content (AvgIpc) is 2.44. The van der Waals surface area contributed by atoms with Crippen LogP contribution < -0.4 is 10.5 Å². The maximum atomic E-state index is 10.6. The number of primary sulfonamides is 1. The topological polar surface area (TPSA) is 85.1 Å². The van der Waals surface area contributed by atoms with E-state index in [9.17, 15) is 8.42 Å². The third-order valence-electron chi connectivity index (χ3n) is 1.51. The number of aromatic nitrogens is 1. The molecular formula is C7H13N3O2S2. The highest BCUT2D eigenvalue weighted by molar-refractivity contribution is 7.89. The Morgan fingerprint density at radius 3 is 2.86 bits per heavy atom. The van der Waals surface area contributed by atoms with Gasteiger partial charge in [-0.25, -0.2) is 18.5 Å². The highest BCUT2D eigenvalue weighted by atomic mass is 32.2. The monoisotopic (exact) mass is 235 g/mol. The van der Waals surface area contributed by atoms with Crippen LogP contribution in [0.5, 0.6) is 0 Å². The largest absolute Gasteiger partial charge is 0.309 e. The molecule has 1 aromatic rings. The van der Waals surface area contributed by atoms with Gasteiger partial charge in [0.15, 0.2) is 0 Å². The minimum Gasteiger partial charge on any atom is -0.309 e. The molecule has 0 atom stereocenters. The van der Waals surface area contributed by atoms with Gasteiger partial charge in [0, 0.05) is 24.2 Å². The molecule has 80 valence electrons. The lowest BCUT2D eigenvalue weighted by molar-refractivity contribution is 0.592. The van der Waals surface area contributed by atoms with Gasteiger partial charge in [-0.1, -0.05) is 0 Å². The third-order valence-corrected chi connectivity index (χ3v) is 3.25. The van der Waals surface area contributed by atoms with Crippen molar-refractivity contribution in [3.05, 3.63) is 16.1 Å². The molecule has 0 saturated heterocycles. The van der Waals surface area contributed by atoms with Crippen molar-refractivity contribution in [2.24, 2.45) is 5.14 Å². The summed E-state index contributed by atoms with van der Waals surface area (Å²) in [6.07, 6.45) is 0. The van der Waals surface area contributed by atoms with Crippen molar-refractivity contribution in [2.45, 2.75) is 13.5 Å². The number of nitrogens with two attached hydrogens (primary N) is 1. The molecule has 14 heavy (non-hydrogen) atoms. The molecule has 0 amide bonds. The summed E-state index contributed by atoms with van der Waals surface area (Å²) in [7, 11) is -3.35. The number of rotatable bonds is 5. The van der Waals surface area contributed by atoms with E-state index >= 15 is 0 Å². The van der Waals surface area contributed by atoms with Crippen LogP contribution >= 0.6 is 11.3 Å². The molecule has 0 aliphatic carbocycles. The first-order valence-electron chi connectivity index (χ1n) is 4.09. The highest BCUT2D eigenvalue weighted by Gasteiger charge is 2.02. The molecule has 0 spiro atoms. The molecule has 0 unspecified atom stereocenters. The molecule has 3 N–H and O–H groups in total. The lowest BCUT2D eigenvalue weighted by atomic mass is 10.5. The fraction of sp³-hybridized carbons (Fsp3) is 0.571. The number of sulfonamides is 1. The van der Waals surface area contributed by atoms with Crippen LogP contribution in [-0.2, 0) is 16.6 Å². The first kappa shape index (κ1) is 11.6. The van der Waals surface area contributed by atoms with Crippen LogP contribution in [0.15, 0.2) is 5.38 Å². The van der Waals surface area contributed by atoms with Crippen LogP contribution in [0.3, 0.4) is 0 Å². The number of aryl methyl sites for hydroxylation is 1. The van der Waals surface area contributed by atoms with Crippen LogP contribution in [0.4, 0.5) is 0 Å². The lowest BCUT2D eigenvalue weighted by Crippen LogP contribution is -2.26. The Kier molecular flexibility index (Phi) is 3.99. The van der Waals surface area contributed by atoms with E-state index in [2.05, 4.69) is 10.3 Å². The van der Waals surface area contributed by atoms with E-state index < -0.39 is 10.0 Å². The maximum absolute atomic E-state index is 10.6. The summed E-state index contributed by atoms with van der Waals surface area (Å²) in [6.45, 7) is 2.87. The fourth-order valence-corrected chi connectivity index (χ4v) is 2.06. The zero-order chi connectivity index (χ0) is 10.6. The summed E-state index contributed by atoms with van der Waals surface area (Å²) in [6, 6.07) is 0. The van der Waals surface area contributed by atoms with Crippen molar-refractivity contribution in [3.63, 3.8) is 0 Å². The van der Waals surface area contributed by atoms with Crippen molar-refractivity contribution in [3.8, 4) is 0 Å². The van der Waals surface area contributed by atoms with E-state index in [-0.39, 0.29) is 5.75 Å². The summed E-state index contributed by atoms with van der Waals surface area (Å²) < 4.78 is 21.1. The van der Waals surface area contributed by atoms with Crippen LogP contribution in [0, 0.1) is 6.92 Å². The number of nitrogens with one attached hydrogen (secondary N) is 1. The molecule has 1 rings (SSSR count). The fourth-order valence-electron chi connectivity index (χ4n) is 0.894. The van der Waals surface area contributed by atoms with E-state index in [0.717, 1.165) is 10.7 Å². The summed E-state index contributed by atoms with van der Waals surface area (Å²) in [4.78, 5) is 4.22. The standard InChI is InChI=1S/C7H13N3O2S2/c1-6-5-13-7(10-6)4-9-2-3-14(8,11)12/h5,9H,2-4H2,1H3,(H2,8,11,12). The SMILES string of the molecule is Cc1csc(CNCCS(N)(=O)=O)n1. The molecule has 0 saturated carbocycles. The van der Waals surface area contributed by atoms with E-state index in [1.165, 1.54) is 0 Å². The second kappa shape index (κ2) is 4.83. The van der Waals surface area contributed by atoms with Crippen molar-refractivity contribution in [2.75, 3.05) is 12.3 Å². The Morgan fingerprint density at radius 2 is 2.36 bits per heavy atom. The predicted octanol–water partition coefficient (Wildman–Crippen LogP) is -0.170. The minimum absolute atomic E-state index is 0.0443. The number of hydrogen-bond donors (Lipinski definition) is 2. The quantitative estimate of drug-likeness (QED) is 0.694. The van der Waals surface area contributed by atoms with Crippen molar-refractivity contribution < 1.29 is 8.42 Å². The third kappa shape index (κ3) is 4.66. The van der Waals surface area contributed by atoms with Gasteiger partial charge in [0.2, 0.25) is 10.0 Å². The van der Waals surface area contributed by atoms with Crippen LogP contribution in [0.1, 0.15) is 10.7 Å². The van der Waals surface area contributed by atoms with Crippen LogP contribution in [0.2, 0.25) is 0 Å². The Balaban J connectivity index is 2.23. The number of hydrogen-bond acceptors (Lipinski definition) is 5. The first-order chi connectivity index (χ1) is 6.47. The van der Waals surface area contributed by atoms with Gasteiger partial charge in [-0.2, -0.15) is 0 Å². The van der Waals surface area contributed by atoms with Crippen LogP contribution in [-0.4, -0.2) is 25.7 Å². The van der Waals surface area contributed by atoms with Gasteiger partial charge in [0.05, 0.1) is 5.75 Å². The Labute approximate surface area is 87.4 Å². The summed E-state index contributed by atoms with van der Waals surface area (Å²) in [5, 5.41) is 10.7. The van der Waals surface area contributed by atoms with Gasteiger partial charge in [-0.3, -0.25) is 0 Å². The zero-order valence-corrected chi connectivity index (χ0v) is 9.49. The van der Waals surface area contributed by atoms with Crippen LogP contribution in [0.25, 0.3) is 0 Å². The Morgan fingerprint density at radius 1 is 1.64 bits per heavy atom. The molecule has 0 fully saturated rings. The van der Waals surface area contributed by atoms with Gasteiger partial charge in [0.1, 0.15) is 5.01 Å². The number of nitrogens with zero attached hydrogens (tertiary/aromatic N) is 1. The minimum atomic E-state index is -3.35. The van der Waals surface area contributed by atoms with Gasteiger partial charge < -0.3 is 5.32 Å². The second-order valence-electron chi connectivity index (χ2n) is 2.93. The molecule has 0 aliphatic heterocycles. The van der Waals surface area contributed by atoms with Crippen molar-refractivity contribution in [1.29, 1.82) is 0 Å². The molecule has 1 aromatic heterocycles. The first-order valence-corrected chi connectivity index (χ1v) is 6.69. The molecular weight excluding hydrogens is 222 g/mol. The molecule has 0 bridgehead atoms. The van der Waals surface area contributed by atoms with Crippen molar-refractivity contribution >= 4 is 21.4 Å². The van der Waals surface area contributed by atoms with Gasteiger partial charge in [0.25, 0.3) is 0 Å². The summed E-state index contributed by atoms with van der Waals surface area (Å²) >= 11 is 1.55. The van der Waals surface area contributed by atoms with E-state index in [0.29, 0.717) is 13.1 Å². The molecule has 0 radical (unpaired) electrons. The molecule has 7 heteroatoms. The van der Waals surface area contributed by atoms with E-state index in [1.54, 1.807) is 11.3 Å². The Hall–Kier alpha value is -0.500. The Bertz CT molecular complexity index is 385. The zero-order valence-electron chi connectivity index (χ0n) is 7.86. The van der Waals surface area contributed by atoms with Gasteiger partial charge >= 0.3 is 0 Å². The van der Waals surface area contributed by atoms with E-state index in [4.69, 9.17) is 5.14 Å². The second-order valence-corrected chi connectivity index (χ2v) is 5.60. The smallest absolute Gasteiger partial charge is 0.210 e. The summed E-state index contributed by atoms with van der Waals surface area (Å²) in [5.74, 6) is -0.0443. The van der Waals surface area contributed by atoms with Gasteiger partial charge in [-0.15, -0.1) is 11.3 Å². The molecule has 5 nitrogen and oxygen atoms in total. The highest BCUT2D eigenvalue weighted by Crippen LogP contribution is 2.07. The van der Waals surface area contributed by atoms with Gasteiger partial charge in [-0.05, 0) is 6.92 Å². The molecule has 0 aromatic carbocycles. The number of thiazole rings is 1. The predicted molar refractivity (Wildman–Crippen MR) is 56.5 cm³/mol. The van der Waals surface area contributed by atoms with E-state index in [1.807, 2.05) is 12.3 Å². The normalized spacial score (nSPS) is 11.9.